The average molecular weight is 258 g/mol. The van der Waals surface area contributed by atoms with Crippen molar-refractivity contribution in [2.45, 2.75) is 26.2 Å². The molecule has 6 heteroatoms. The highest BCUT2D eigenvalue weighted by Gasteiger charge is 2.13. The Morgan fingerprint density at radius 1 is 1.47 bits per heavy atom. The third kappa shape index (κ3) is 4.70. The second-order valence-corrected chi connectivity index (χ2v) is 4.72. The van der Waals surface area contributed by atoms with Crippen molar-refractivity contribution in [3.8, 4) is 0 Å². The summed E-state index contributed by atoms with van der Waals surface area (Å²) in [6, 6.07) is 0. The molecule has 17 heavy (non-hydrogen) atoms. The molecule has 5 nitrogen and oxygen atoms in total. The fourth-order valence-corrected chi connectivity index (χ4v) is 2.24. The standard InChI is InChI=1S/C11H18N2O3S/c1-8-9(10(14)15)17-11(13-8)12-6-4-3-5-7-16-2/h3-7H2,1-2H3,(H,12,13)(H,14,15). The van der Waals surface area contributed by atoms with E-state index in [0.29, 0.717) is 15.7 Å². The zero-order valence-corrected chi connectivity index (χ0v) is 11.0. The molecule has 0 unspecified atom stereocenters. The predicted octanol–water partition coefficient (Wildman–Crippen LogP) is 2.38. The van der Waals surface area contributed by atoms with Gasteiger partial charge in [-0.3, -0.25) is 0 Å². The van der Waals surface area contributed by atoms with Crippen molar-refractivity contribution in [1.29, 1.82) is 0 Å². The Morgan fingerprint density at radius 2 is 2.24 bits per heavy atom. The van der Waals surface area contributed by atoms with Gasteiger partial charge in [-0.25, -0.2) is 9.78 Å². The number of nitrogens with one attached hydrogen (secondary N) is 1. The van der Waals surface area contributed by atoms with Gasteiger partial charge in [-0.05, 0) is 26.2 Å². The normalized spacial score (nSPS) is 10.5. The molecule has 0 saturated heterocycles. The highest BCUT2D eigenvalue weighted by atomic mass is 32.1. The van der Waals surface area contributed by atoms with E-state index in [0.717, 1.165) is 32.4 Å². The van der Waals surface area contributed by atoms with Crippen molar-refractivity contribution >= 4 is 22.4 Å². The fourth-order valence-electron chi connectivity index (χ4n) is 1.41. The number of carbonyl (C=O) groups is 1. The van der Waals surface area contributed by atoms with Crippen LogP contribution in [-0.4, -0.2) is 36.3 Å². The van der Waals surface area contributed by atoms with Gasteiger partial charge < -0.3 is 15.2 Å². The number of aromatic carboxylic acids is 1. The number of hydrogen-bond acceptors (Lipinski definition) is 5. The van der Waals surface area contributed by atoms with Gasteiger partial charge in [-0.15, -0.1) is 0 Å². The lowest BCUT2D eigenvalue weighted by Gasteiger charge is -2.01. The number of carboxylic acid groups (broad SMARTS) is 1. The van der Waals surface area contributed by atoms with E-state index in [1.807, 2.05) is 0 Å². The molecule has 0 aliphatic heterocycles. The maximum Gasteiger partial charge on any atom is 0.347 e. The summed E-state index contributed by atoms with van der Waals surface area (Å²) in [7, 11) is 1.70. The van der Waals surface area contributed by atoms with E-state index in [1.165, 1.54) is 11.3 Å². The second kappa shape index (κ2) is 7.24. The zero-order chi connectivity index (χ0) is 12.7. The van der Waals surface area contributed by atoms with E-state index in [1.54, 1.807) is 14.0 Å². The first-order valence-corrected chi connectivity index (χ1v) is 6.40. The number of anilines is 1. The number of methoxy groups -OCH3 is 1. The Labute approximate surface area is 105 Å². The number of thiazole rings is 1. The Bertz CT molecular complexity index is 366. The summed E-state index contributed by atoms with van der Waals surface area (Å²) in [5.41, 5.74) is 0.574. The van der Waals surface area contributed by atoms with Crippen LogP contribution in [0.5, 0.6) is 0 Å². The minimum Gasteiger partial charge on any atom is -0.477 e. The molecular weight excluding hydrogens is 240 g/mol. The van der Waals surface area contributed by atoms with Crippen LogP contribution in [0.4, 0.5) is 5.13 Å². The molecule has 0 spiro atoms. The SMILES string of the molecule is COCCCCCNc1nc(C)c(C(=O)O)s1. The van der Waals surface area contributed by atoms with Crippen LogP contribution in [0.15, 0.2) is 0 Å². The molecule has 1 aromatic rings. The Kier molecular flexibility index (Phi) is 5.93. The summed E-state index contributed by atoms with van der Waals surface area (Å²) in [4.78, 5) is 15.3. The lowest BCUT2D eigenvalue weighted by Crippen LogP contribution is -2.01. The minimum absolute atomic E-state index is 0.312. The predicted molar refractivity (Wildman–Crippen MR) is 68.0 cm³/mol. The molecule has 0 bridgehead atoms. The molecule has 0 aliphatic rings. The molecule has 1 heterocycles. The lowest BCUT2D eigenvalue weighted by molar-refractivity contribution is 0.0701. The van der Waals surface area contributed by atoms with Crippen LogP contribution in [0.2, 0.25) is 0 Å². The van der Waals surface area contributed by atoms with Crippen molar-refractivity contribution in [2.75, 3.05) is 25.6 Å². The van der Waals surface area contributed by atoms with Crippen LogP contribution in [-0.2, 0) is 4.74 Å². The van der Waals surface area contributed by atoms with Crippen molar-refractivity contribution in [2.24, 2.45) is 0 Å². The summed E-state index contributed by atoms with van der Waals surface area (Å²) in [6.07, 6.45) is 3.18. The van der Waals surface area contributed by atoms with Gasteiger partial charge >= 0.3 is 5.97 Å². The van der Waals surface area contributed by atoms with Gasteiger partial charge in [0.2, 0.25) is 0 Å². The summed E-state index contributed by atoms with van der Waals surface area (Å²) < 4.78 is 4.96. The molecule has 1 rings (SSSR count). The summed E-state index contributed by atoms with van der Waals surface area (Å²) in [5.74, 6) is -0.909. The Morgan fingerprint density at radius 3 is 2.82 bits per heavy atom. The Hall–Kier alpha value is -1.14. The topological polar surface area (TPSA) is 71.5 Å². The summed E-state index contributed by atoms with van der Waals surface area (Å²) in [5, 5.41) is 12.7. The molecular formula is C11H18N2O3S. The maximum absolute atomic E-state index is 10.8. The molecule has 2 N–H and O–H groups in total. The number of hydrogen-bond donors (Lipinski definition) is 2. The average Bonchev–Trinajstić information content (AvgIpc) is 2.65. The second-order valence-electron chi connectivity index (χ2n) is 3.72. The van der Waals surface area contributed by atoms with Crippen molar-refractivity contribution < 1.29 is 14.6 Å². The van der Waals surface area contributed by atoms with Gasteiger partial charge in [0, 0.05) is 20.3 Å². The molecule has 0 amide bonds. The maximum atomic E-state index is 10.8. The molecule has 0 aromatic carbocycles. The minimum atomic E-state index is -0.909. The fraction of sp³-hybridized carbons (Fsp3) is 0.636. The number of aryl methyl sites for hydroxylation is 1. The highest BCUT2D eigenvalue weighted by molar-refractivity contribution is 7.17. The quantitative estimate of drug-likeness (QED) is 0.700. The Balaban J connectivity index is 2.27. The number of unbranched alkanes of at least 4 members (excludes halogenated alkanes) is 2. The number of ether oxygens (including phenoxy) is 1. The first-order chi connectivity index (χ1) is 8.15. The zero-order valence-electron chi connectivity index (χ0n) is 10.2. The smallest absolute Gasteiger partial charge is 0.347 e. The first kappa shape index (κ1) is 13.9. The van der Waals surface area contributed by atoms with Crippen LogP contribution in [0, 0.1) is 6.92 Å². The van der Waals surface area contributed by atoms with Crippen molar-refractivity contribution in [3.63, 3.8) is 0 Å². The van der Waals surface area contributed by atoms with E-state index in [-0.39, 0.29) is 0 Å². The number of carboxylic acids is 1. The summed E-state index contributed by atoms with van der Waals surface area (Å²) in [6.45, 7) is 3.32. The number of rotatable bonds is 8. The van der Waals surface area contributed by atoms with E-state index < -0.39 is 5.97 Å². The van der Waals surface area contributed by atoms with Gasteiger partial charge in [0.15, 0.2) is 5.13 Å². The van der Waals surface area contributed by atoms with Crippen LogP contribution in [0.1, 0.15) is 34.6 Å². The number of nitrogens with zero attached hydrogens (tertiary/aromatic N) is 1. The van der Waals surface area contributed by atoms with E-state index >= 15 is 0 Å². The van der Waals surface area contributed by atoms with Gasteiger partial charge in [0.25, 0.3) is 0 Å². The highest BCUT2D eigenvalue weighted by Crippen LogP contribution is 2.22. The monoisotopic (exact) mass is 258 g/mol. The molecule has 96 valence electrons. The third-order valence-electron chi connectivity index (χ3n) is 2.29. The van der Waals surface area contributed by atoms with E-state index in [9.17, 15) is 4.79 Å². The first-order valence-electron chi connectivity index (χ1n) is 5.58. The van der Waals surface area contributed by atoms with E-state index in [2.05, 4.69) is 10.3 Å². The number of aromatic nitrogens is 1. The molecule has 0 atom stereocenters. The van der Waals surface area contributed by atoms with Crippen molar-refractivity contribution in [3.05, 3.63) is 10.6 Å². The molecule has 0 fully saturated rings. The molecule has 0 saturated carbocycles. The van der Waals surface area contributed by atoms with Gasteiger partial charge in [0.05, 0.1) is 5.69 Å². The largest absolute Gasteiger partial charge is 0.477 e. The van der Waals surface area contributed by atoms with E-state index in [4.69, 9.17) is 9.84 Å². The lowest BCUT2D eigenvalue weighted by atomic mass is 10.2. The van der Waals surface area contributed by atoms with Crippen LogP contribution in [0.25, 0.3) is 0 Å². The van der Waals surface area contributed by atoms with Gasteiger partial charge in [0.1, 0.15) is 4.88 Å². The van der Waals surface area contributed by atoms with Crippen LogP contribution >= 0.6 is 11.3 Å². The van der Waals surface area contributed by atoms with Crippen LogP contribution < -0.4 is 5.32 Å². The summed E-state index contributed by atoms with van der Waals surface area (Å²) >= 11 is 1.19. The van der Waals surface area contributed by atoms with Gasteiger partial charge in [-0.2, -0.15) is 0 Å². The van der Waals surface area contributed by atoms with Gasteiger partial charge in [-0.1, -0.05) is 11.3 Å². The molecule has 0 radical (unpaired) electrons. The van der Waals surface area contributed by atoms with Crippen LogP contribution in [0.3, 0.4) is 0 Å². The molecule has 0 aliphatic carbocycles. The molecule has 1 aromatic heterocycles. The third-order valence-corrected chi connectivity index (χ3v) is 3.40. The van der Waals surface area contributed by atoms with Crippen molar-refractivity contribution in [1.82, 2.24) is 4.98 Å².